The Balaban J connectivity index is 3.76. The van der Waals surface area contributed by atoms with E-state index >= 15 is 0 Å². The second-order valence-corrected chi connectivity index (χ2v) is 3.35. The molecule has 10 heavy (non-hydrogen) atoms. The molecule has 0 rings (SSSR count). The van der Waals surface area contributed by atoms with Crippen molar-refractivity contribution in [3.8, 4) is 0 Å². The van der Waals surface area contributed by atoms with E-state index in [-0.39, 0.29) is 13.2 Å². The molecule has 0 spiro atoms. The Morgan fingerprint density at radius 1 is 1.80 bits per heavy atom. The van der Waals surface area contributed by atoms with Gasteiger partial charge in [0.05, 0.1) is 6.61 Å². The second kappa shape index (κ2) is 4.63. The minimum absolute atomic E-state index is 0.109. The van der Waals surface area contributed by atoms with Crippen LogP contribution < -0.4 is 5.73 Å². The highest BCUT2D eigenvalue weighted by Crippen LogP contribution is 2.42. The highest BCUT2D eigenvalue weighted by Gasteiger charge is 2.11. The molecule has 5 heteroatoms. The van der Waals surface area contributed by atoms with Crippen LogP contribution >= 0.6 is 7.60 Å². The van der Waals surface area contributed by atoms with Gasteiger partial charge in [-0.15, -0.1) is 0 Å². The molecule has 1 unspecified atom stereocenters. The van der Waals surface area contributed by atoms with Crippen LogP contribution in [-0.2, 0) is 9.09 Å². The summed E-state index contributed by atoms with van der Waals surface area (Å²) in [5.74, 6) is 1.13. The summed E-state index contributed by atoms with van der Waals surface area (Å²) in [6, 6.07) is 0. The molecule has 0 heterocycles. The summed E-state index contributed by atoms with van der Waals surface area (Å²) in [5.41, 5.74) is 5.05. The highest BCUT2D eigenvalue weighted by atomic mass is 31.2. The molecule has 1 atom stereocenters. The molecule has 60 valence electrons. The van der Waals surface area contributed by atoms with E-state index in [0.717, 1.165) is 5.82 Å². The maximum Gasteiger partial charge on any atom is 0.351 e. The third-order valence-electron chi connectivity index (χ3n) is 0.732. The fourth-order valence-corrected chi connectivity index (χ4v) is 1.24. The lowest BCUT2D eigenvalue weighted by molar-refractivity contribution is 0.275. The van der Waals surface area contributed by atoms with Gasteiger partial charge in [0, 0.05) is 12.4 Å². The lowest BCUT2D eigenvalue weighted by Gasteiger charge is -2.04. The summed E-state index contributed by atoms with van der Waals surface area (Å²) in [6.07, 6.45) is 1.47. The fourth-order valence-electron chi connectivity index (χ4n) is 0.415. The van der Waals surface area contributed by atoms with Crippen molar-refractivity contribution >= 4 is 7.60 Å². The summed E-state index contributed by atoms with van der Waals surface area (Å²) in [6.45, 7) is 2.01. The van der Waals surface area contributed by atoms with Gasteiger partial charge in [0.25, 0.3) is 0 Å². The van der Waals surface area contributed by atoms with Crippen molar-refractivity contribution in [3.63, 3.8) is 0 Å². The van der Waals surface area contributed by atoms with Gasteiger partial charge in [-0.05, 0) is 6.92 Å². The van der Waals surface area contributed by atoms with Crippen molar-refractivity contribution in [1.82, 2.24) is 0 Å². The first-order valence-corrected chi connectivity index (χ1v) is 4.58. The predicted molar refractivity (Wildman–Crippen MR) is 39.6 cm³/mol. The van der Waals surface area contributed by atoms with Crippen LogP contribution in [0.5, 0.6) is 0 Å². The molecule has 3 N–H and O–H groups in total. The lowest BCUT2D eigenvalue weighted by Crippen LogP contribution is -2.06. The third-order valence-corrected chi connectivity index (χ3v) is 1.96. The number of rotatable bonds is 4. The topological polar surface area (TPSA) is 72.5 Å². The molecule has 4 nitrogen and oxygen atoms in total. The highest BCUT2D eigenvalue weighted by molar-refractivity contribution is 7.56. The zero-order valence-electron chi connectivity index (χ0n) is 5.86. The zero-order chi connectivity index (χ0) is 8.04. The minimum atomic E-state index is -3.47. The van der Waals surface area contributed by atoms with Crippen molar-refractivity contribution in [2.45, 2.75) is 6.92 Å². The Bertz CT molecular complexity index is 157. The van der Waals surface area contributed by atoms with E-state index in [1.165, 1.54) is 6.08 Å². The Labute approximate surface area is 60.2 Å². The predicted octanol–water partition coefficient (Wildman–Crippen LogP) is 0.681. The molecule has 0 radical (unpaired) electrons. The van der Waals surface area contributed by atoms with E-state index < -0.39 is 7.60 Å². The van der Waals surface area contributed by atoms with Gasteiger partial charge in [-0.1, -0.05) is 6.08 Å². The molecular formula is C5H12NO3P. The summed E-state index contributed by atoms with van der Waals surface area (Å²) in [7, 11) is -3.47. The monoisotopic (exact) mass is 165 g/mol. The van der Waals surface area contributed by atoms with Gasteiger partial charge < -0.3 is 15.2 Å². The number of hydrogen-bond acceptors (Lipinski definition) is 3. The molecule has 0 aliphatic rings. The average molecular weight is 165 g/mol. The largest absolute Gasteiger partial charge is 0.351 e. The SMILES string of the molecule is CC=CP(=O)(O)OCCN. The van der Waals surface area contributed by atoms with Crippen molar-refractivity contribution in [1.29, 1.82) is 0 Å². The summed E-state index contributed by atoms with van der Waals surface area (Å²) in [5, 5.41) is 0. The van der Waals surface area contributed by atoms with Crippen LogP contribution in [0.15, 0.2) is 11.9 Å². The Morgan fingerprint density at radius 3 is 2.80 bits per heavy atom. The van der Waals surface area contributed by atoms with Crippen molar-refractivity contribution in [2.75, 3.05) is 13.2 Å². The molecule has 0 aromatic heterocycles. The maximum absolute atomic E-state index is 10.8. The van der Waals surface area contributed by atoms with Crippen LogP contribution in [0.25, 0.3) is 0 Å². The fraction of sp³-hybridized carbons (Fsp3) is 0.600. The van der Waals surface area contributed by atoms with Crippen LogP contribution in [0.1, 0.15) is 6.92 Å². The molecule has 0 aliphatic heterocycles. The summed E-state index contributed by atoms with van der Waals surface area (Å²) < 4.78 is 15.3. The van der Waals surface area contributed by atoms with Crippen LogP contribution in [0.2, 0.25) is 0 Å². The summed E-state index contributed by atoms with van der Waals surface area (Å²) >= 11 is 0. The number of hydrogen-bond donors (Lipinski definition) is 2. The second-order valence-electron chi connectivity index (χ2n) is 1.67. The smallest absolute Gasteiger partial charge is 0.328 e. The molecule has 0 aliphatic carbocycles. The first-order valence-electron chi connectivity index (χ1n) is 2.93. The third kappa shape index (κ3) is 4.70. The van der Waals surface area contributed by atoms with Crippen molar-refractivity contribution in [3.05, 3.63) is 11.9 Å². The quantitative estimate of drug-likeness (QED) is 0.601. The van der Waals surface area contributed by atoms with Gasteiger partial charge in [0.1, 0.15) is 0 Å². The first kappa shape index (κ1) is 9.85. The van der Waals surface area contributed by atoms with E-state index in [0.29, 0.717) is 0 Å². The first-order chi connectivity index (χ1) is 4.62. The van der Waals surface area contributed by atoms with Crippen LogP contribution in [0.3, 0.4) is 0 Å². The van der Waals surface area contributed by atoms with Gasteiger partial charge >= 0.3 is 7.60 Å². The molecule has 0 bridgehead atoms. The van der Waals surface area contributed by atoms with Crippen molar-refractivity contribution in [2.24, 2.45) is 5.73 Å². The normalized spacial score (nSPS) is 17.5. The van der Waals surface area contributed by atoms with E-state index in [1.54, 1.807) is 6.92 Å². The van der Waals surface area contributed by atoms with E-state index in [1.807, 2.05) is 0 Å². The minimum Gasteiger partial charge on any atom is -0.328 e. The molecular weight excluding hydrogens is 153 g/mol. The van der Waals surface area contributed by atoms with Gasteiger partial charge in [0.15, 0.2) is 0 Å². The molecule has 0 saturated heterocycles. The van der Waals surface area contributed by atoms with E-state index in [9.17, 15) is 4.57 Å². The van der Waals surface area contributed by atoms with Gasteiger partial charge in [0.2, 0.25) is 0 Å². The Morgan fingerprint density at radius 2 is 2.40 bits per heavy atom. The summed E-state index contributed by atoms with van der Waals surface area (Å²) in [4.78, 5) is 8.84. The lowest BCUT2D eigenvalue weighted by atomic mass is 10.8. The van der Waals surface area contributed by atoms with Crippen molar-refractivity contribution < 1.29 is 14.0 Å². The molecule has 0 fully saturated rings. The molecule has 0 saturated carbocycles. The standard InChI is InChI=1S/C5H12NO3P/c1-2-5-10(7,8)9-4-3-6/h2,5H,3-4,6H2,1H3,(H,7,8). The molecule has 0 aromatic carbocycles. The number of allylic oxidation sites excluding steroid dienone is 1. The average Bonchev–Trinajstić information content (AvgIpc) is 1.84. The zero-order valence-corrected chi connectivity index (χ0v) is 6.75. The van der Waals surface area contributed by atoms with Gasteiger partial charge in [-0.25, -0.2) is 0 Å². The van der Waals surface area contributed by atoms with Crippen LogP contribution in [0, 0.1) is 0 Å². The van der Waals surface area contributed by atoms with Crippen LogP contribution in [0.4, 0.5) is 0 Å². The molecule has 0 aromatic rings. The Kier molecular flexibility index (Phi) is 4.56. The van der Waals surface area contributed by atoms with E-state index in [4.69, 9.17) is 10.6 Å². The van der Waals surface area contributed by atoms with Crippen LogP contribution in [-0.4, -0.2) is 18.0 Å². The van der Waals surface area contributed by atoms with Gasteiger partial charge in [-0.3, -0.25) is 4.57 Å². The molecule has 0 amide bonds. The Hall–Kier alpha value is -0.150. The van der Waals surface area contributed by atoms with Gasteiger partial charge in [-0.2, -0.15) is 0 Å². The maximum atomic E-state index is 10.8. The number of nitrogens with two attached hydrogens (primary N) is 1. The van der Waals surface area contributed by atoms with E-state index in [2.05, 4.69) is 4.52 Å².